The van der Waals surface area contributed by atoms with Crippen molar-refractivity contribution >= 4 is 0 Å². The average molecular weight is 195 g/mol. The lowest BCUT2D eigenvalue weighted by Crippen LogP contribution is -2.52. The van der Waals surface area contributed by atoms with Crippen molar-refractivity contribution in [3.63, 3.8) is 0 Å². The van der Waals surface area contributed by atoms with E-state index in [1.165, 1.54) is 25.7 Å². The Kier molecular flexibility index (Phi) is 2.10. The highest BCUT2D eigenvalue weighted by atomic mass is 16.5. The number of hydrogen-bond acceptors (Lipinski definition) is 2. The molecule has 2 aliphatic carbocycles. The van der Waals surface area contributed by atoms with Gasteiger partial charge in [0, 0.05) is 18.8 Å². The summed E-state index contributed by atoms with van der Waals surface area (Å²) in [6.45, 7) is 1.79. The van der Waals surface area contributed by atoms with E-state index in [1.54, 1.807) is 0 Å². The first-order valence-electron chi connectivity index (χ1n) is 6.14. The number of ether oxygens (including phenoxy) is 1. The number of hydrogen-bond donors (Lipinski definition) is 1. The summed E-state index contributed by atoms with van der Waals surface area (Å²) in [4.78, 5) is 0. The summed E-state index contributed by atoms with van der Waals surface area (Å²) in [7, 11) is 0. The molecule has 1 heterocycles. The van der Waals surface area contributed by atoms with Gasteiger partial charge in [-0.3, -0.25) is 0 Å². The maximum Gasteiger partial charge on any atom is 0.0483 e. The minimum Gasteiger partial charge on any atom is -0.381 e. The quantitative estimate of drug-likeness (QED) is 0.694. The van der Waals surface area contributed by atoms with Gasteiger partial charge in [-0.05, 0) is 49.9 Å². The number of fused-ring (bicyclic) bond motifs is 2. The van der Waals surface area contributed by atoms with Crippen LogP contribution in [-0.2, 0) is 4.74 Å². The van der Waals surface area contributed by atoms with Crippen LogP contribution in [0.15, 0.2) is 0 Å². The van der Waals surface area contributed by atoms with Crippen molar-refractivity contribution in [3.05, 3.63) is 0 Å². The van der Waals surface area contributed by atoms with Gasteiger partial charge in [-0.25, -0.2) is 0 Å². The van der Waals surface area contributed by atoms with E-state index in [0.29, 0.717) is 0 Å². The Morgan fingerprint density at radius 3 is 2.43 bits per heavy atom. The zero-order chi connectivity index (χ0) is 9.60. The van der Waals surface area contributed by atoms with Crippen LogP contribution < -0.4 is 5.73 Å². The highest BCUT2D eigenvalue weighted by Crippen LogP contribution is 2.53. The molecule has 0 aromatic carbocycles. The first kappa shape index (κ1) is 9.17. The summed E-state index contributed by atoms with van der Waals surface area (Å²) in [5.41, 5.74) is 6.71. The van der Waals surface area contributed by atoms with Gasteiger partial charge in [-0.2, -0.15) is 0 Å². The largest absolute Gasteiger partial charge is 0.381 e. The minimum absolute atomic E-state index is 0.137. The van der Waals surface area contributed by atoms with Crippen molar-refractivity contribution in [3.8, 4) is 0 Å². The summed E-state index contributed by atoms with van der Waals surface area (Å²) < 4.78 is 5.42. The van der Waals surface area contributed by atoms with Gasteiger partial charge in [0.05, 0.1) is 0 Å². The molecular formula is C12H21NO. The third-order valence-corrected chi connectivity index (χ3v) is 4.90. The van der Waals surface area contributed by atoms with Crippen molar-refractivity contribution in [2.45, 2.75) is 44.1 Å². The van der Waals surface area contributed by atoms with E-state index in [1.807, 2.05) is 0 Å². The summed E-state index contributed by atoms with van der Waals surface area (Å²) >= 11 is 0. The van der Waals surface area contributed by atoms with Crippen molar-refractivity contribution in [2.24, 2.45) is 23.5 Å². The van der Waals surface area contributed by atoms with Gasteiger partial charge in [0.2, 0.25) is 0 Å². The Hall–Kier alpha value is -0.0800. The fourth-order valence-corrected chi connectivity index (χ4v) is 4.07. The lowest BCUT2D eigenvalue weighted by atomic mass is 9.71. The molecule has 0 spiro atoms. The molecule has 14 heavy (non-hydrogen) atoms. The second-order valence-electron chi connectivity index (χ2n) is 5.63. The van der Waals surface area contributed by atoms with Crippen molar-refractivity contribution in [2.75, 3.05) is 13.2 Å². The maximum absolute atomic E-state index is 6.57. The lowest BCUT2D eigenvalue weighted by Gasteiger charge is -2.42. The molecule has 3 unspecified atom stereocenters. The van der Waals surface area contributed by atoms with E-state index in [2.05, 4.69) is 0 Å². The molecule has 2 N–H and O–H groups in total. The normalized spacial score (nSPS) is 45.6. The van der Waals surface area contributed by atoms with E-state index < -0.39 is 0 Å². The van der Waals surface area contributed by atoms with E-state index >= 15 is 0 Å². The van der Waals surface area contributed by atoms with Crippen LogP contribution in [0.25, 0.3) is 0 Å². The molecule has 0 radical (unpaired) electrons. The molecule has 0 aromatic heterocycles. The fourth-order valence-electron chi connectivity index (χ4n) is 4.07. The van der Waals surface area contributed by atoms with Crippen LogP contribution in [0.5, 0.6) is 0 Å². The third kappa shape index (κ3) is 1.31. The SMILES string of the molecule is NC1(C2CC3CCC2C3)CCOCC1. The first-order valence-corrected chi connectivity index (χ1v) is 6.14. The molecule has 1 saturated heterocycles. The number of nitrogens with two attached hydrogens (primary N) is 1. The van der Waals surface area contributed by atoms with Gasteiger partial charge in [0.25, 0.3) is 0 Å². The Balaban J connectivity index is 1.74. The summed E-state index contributed by atoms with van der Waals surface area (Å²) in [5, 5.41) is 0. The standard InChI is InChI=1S/C12H21NO/c13-12(3-5-14-6-4-12)11-8-9-1-2-10(11)7-9/h9-11H,1-8,13H2. The van der Waals surface area contributed by atoms with Gasteiger partial charge in [-0.15, -0.1) is 0 Å². The molecule has 2 saturated carbocycles. The molecule has 80 valence electrons. The Bertz CT molecular complexity index is 222. The molecule has 1 aliphatic heterocycles. The number of rotatable bonds is 1. The predicted molar refractivity (Wildman–Crippen MR) is 55.9 cm³/mol. The third-order valence-electron chi connectivity index (χ3n) is 4.90. The Morgan fingerprint density at radius 2 is 1.86 bits per heavy atom. The topological polar surface area (TPSA) is 35.2 Å². The van der Waals surface area contributed by atoms with Crippen LogP contribution in [0.1, 0.15) is 38.5 Å². The van der Waals surface area contributed by atoms with Crippen molar-refractivity contribution in [1.82, 2.24) is 0 Å². The molecule has 2 bridgehead atoms. The molecule has 0 amide bonds. The molecule has 3 aliphatic rings. The highest BCUT2D eigenvalue weighted by molar-refractivity contribution is 5.03. The lowest BCUT2D eigenvalue weighted by molar-refractivity contribution is 0.0171. The van der Waals surface area contributed by atoms with Crippen LogP contribution in [0.4, 0.5) is 0 Å². The smallest absolute Gasteiger partial charge is 0.0483 e. The van der Waals surface area contributed by atoms with E-state index in [4.69, 9.17) is 10.5 Å². The summed E-state index contributed by atoms with van der Waals surface area (Å²) in [6, 6.07) is 0. The van der Waals surface area contributed by atoms with E-state index in [-0.39, 0.29) is 5.54 Å². The predicted octanol–water partition coefficient (Wildman–Crippen LogP) is 1.93. The zero-order valence-electron chi connectivity index (χ0n) is 8.87. The Morgan fingerprint density at radius 1 is 1.07 bits per heavy atom. The fraction of sp³-hybridized carbons (Fsp3) is 1.00. The van der Waals surface area contributed by atoms with Crippen LogP contribution in [0.2, 0.25) is 0 Å². The van der Waals surface area contributed by atoms with Crippen molar-refractivity contribution in [1.29, 1.82) is 0 Å². The van der Waals surface area contributed by atoms with E-state index in [0.717, 1.165) is 43.8 Å². The molecule has 3 rings (SSSR count). The van der Waals surface area contributed by atoms with Gasteiger partial charge in [-0.1, -0.05) is 6.42 Å². The van der Waals surface area contributed by atoms with E-state index in [9.17, 15) is 0 Å². The van der Waals surface area contributed by atoms with Gasteiger partial charge in [0.15, 0.2) is 0 Å². The van der Waals surface area contributed by atoms with Crippen LogP contribution in [-0.4, -0.2) is 18.8 Å². The van der Waals surface area contributed by atoms with Crippen molar-refractivity contribution < 1.29 is 4.74 Å². The molecule has 3 atom stereocenters. The average Bonchev–Trinajstić information content (AvgIpc) is 2.80. The summed E-state index contributed by atoms with van der Waals surface area (Å²) in [5.74, 6) is 2.81. The highest BCUT2D eigenvalue weighted by Gasteiger charge is 2.48. The zero-order valence-corrected chi connectivity index (χ0v) is 8.87. The minimum atomic E-state index is 0.137. The molecule has 2 nitrogen and oxygen atoms in total. The second kappa shape index (κ2) is 3.21. The van der Waals surface area contributed by atoms with Gasteiger partial charge in [0.1, 0.15) is 0 Å². The summed E-state index contributed by atoms with van der Waals surface area (Å²) in [6.07, 6.45) is 8.02. The van der Waals surface area contributed by atoms with Crippen LogP contribution in [0.3, 0.4) is 0 Å². The second-order valence-corrected chi connectivity index (χ2v) is 5.63. The van der Waals surface area contributed by atoms with Gasteiger partial charge >= 0.3 is 0 Å². The molecular weight excluding hydrogens is 174 g/mol. The molecule has 2 heteroatoms. The first-order chi connectivity index (χ1) is 6.78. The van der Waals surface area contributed by atoms with Crippen LogP contribution in [0, 0.1) is 17.8 Å². The monoisotopic (exact) mass is 195 g/mol. The maximum atomic E-state index is 6.57. The molecule has 3 fully saturated rings. The Labute approximate surface area is 86.2 Å². The van der Waals surface area contributed by atoms with Crippen LogP contribution >= 0.6 is 0 Å². The van der Waals surface area contributed by atoms with Gasteiger partial charge < -0.3 is 10.5 Å². The molecule has 0 aromatic rings.